The Morgan fingerprint density at radius 3 is 2.53 bits per heavy atom. The molecule has 4 nitrogen and oxygen atoms in total. The van der Waals surface area contributed by atoms with Gasteiger partial charge in [0.2, 0.25) is 5.91 Å². The van der Waals surface area contributed by atoms with Crippen molar-refractivity contribution in [3.05, 3.63) is 17.6 Å². The van der Waals surface area contributed by atoms with Crippen LogP contribution >= 0.6 is 0 Å². The van der Waals surface area contributed by atoms with Crippen LogP contribution in [0, 0.1) is 12.8 Å². The fourth-order valence-electron chi connectivity index (χ4n) is 1.59. The first-order valence-corrected chi connectivity index (χ1v) is 6.03. The molecule has 1 saturated carbocycles. The first-order valence-electron chi connectivity index (χ1n) is 6.03. The van der Waals surface area contributed by atoms with E-state index >= 15 is 0 Å². The summed E-state index contributed by atoms with van der Waals surface area (Å²) in [6.45, 7) is 8.14. The van der Waals surface area contributed by atoms with Gasteiger partial charge in [-0.1, -0.05) is 20.8 Å². The summed E-state index contributed by atoms with van der Waals surface area (Å²) in [6.07, 6.45) is 2.00. The molecule has 1 N–H and O–H groups in total. The van der Waals surface area contributed by atoms with E-state index in [0.29, 0.717) is 11.6 Å². The average Bonchev–Trinajstić information content (AvgIpc) is 2.97. The van der Waals surface area contributed by atoms with Crippen LogP contribution in [0.25, 0.3) is 0 Å². The number of aromatic nitrogens is 2. The van der Waals surface area contributed by atoms with E-state index in [-0.39, 0.29) is 17.2 Å². The molecule has 1 heterocycles. The minimum Gasteiger partial charge on any atom is -0.310 e. The van der Waals surface area contributed by atoms with Crippen LogP contribution in [0.4, 0.5) is 5.82 Å². The molecular weight excluding hydrogens is 214 g/mol. The van der Waals surface area contributed by atoms with Gasteiger partial charge >= 0.3 is 0 Å². The summed E-state index contributed by atoms with van der Waals surface area (Å²) in [5, 5.41) is 2.87. The lowest BCUT2D eigenvalue weighted by atomic mass is 9.92. The Hall–Kier alpha value is -1.45. The molecule has 2 rings (SSSR count). The zero-order valence-corrected chi connectivity index (χ0v) is 10.9. The van der Waals surface area contributed by atoms with E-state index in [9.17, 15) is 4.79 Å². The highest BCUT2D eigenvalue weighted by atomic mass is 16.2. The quantitative estimate of drug-likeness (QED) is 0.853. The predicted octanol–water partition coefficient (Wildman–Crippen LogP) is 2.43. The second-order valence-corrected chi connectivity index (χ2v) is 5.70. The van der Waals surface area contributed by atoms with Crippen LogP contribution in [0.15, 0.2) is 6.07 Å². The van der Waals surface area contributed by atoms with E-state index in [4.69, 9.17) is 0 Å². The number of hydrogen-bond donors (Lipinski definition) is 1. The van der Waals surface area contributed by atoms with Crippen LogP contribution in [0.2, 0.25) is 0 Å². The molecule has 0 spiro atoms. The molecule has 0 aromatic carbocycles. The van der Waals surface area contributed by atoms with Crippen molar-refractivity contribution in [1.29, 1.82) is 0 Å². The lowest BCUT2D eigenvalue weighted by Crippen LogP contribution is -2.19. The molecule has 17 heavy (non-hydrogen) atoms. The standard InChI is InChI=1S/C13H19N3O/c1-8-14-10(13(2,3)4)7-11(15-8)16-12(17)9-5-6-9/h7,9H,5-6H2,1-4H3,(H,14,15,16,17). The topological polar surface area (TPSA) is 54.9 Å². The fraction of sp³-hybridized carbons (Fsp3) is 0.615. The number of rotatable bonds is 2. The molecule has 0 saturated heterocycles. The average molecular weight is 233 g/mol. The van der Waals surface area contributed by atoms with Gasteiger partial charge in [-0.3, -0.25) is 4.79 Å². The van der Waals surface area contributed by atoms with E-state index < -0.39 is 0 Å². The van der Waals surface area contributed by atoms with Crippen molar-refractivity contribution in [3.63, 3.8) is 0 Å². The minimum atomic E-state index is -0.0350. The molecule has 1 aromatic rings. The number of nitrogens with one attached hydrogen (secondary N) is 1. The van der Waals surface area contributed by atoms with Gasteiger partial charge in [0.25, 0.3) is 0 Å². The van der Waals surface area contributed by atoms with Crippen LogP contribution in [0.5, 0.6) is 0 Å². The van der Waals surface area contributed by atoms with Crippen LogP contribution in [-0.2, 0) is 10.2 Å². The van der Waals surface area contributed by atoms with Gasteiger partial charge in [-0.25, -0.2) is 9.97 Å². The van der Waals surface area contributed by atoms with E-state index in [1.807, 2.05) is 13.0 Å². The Balaban J connectivity index is 2.22. The van der Waals surface area contributed by atoms with Crippen molar-refractivity contribution in [1.82, 2.24) is 9.97 Å². The third kappa shape index (κ3) is 3.02. The number of amides is 1. The molecule has 0 bridgehead atoms. The third-order valence-corrected chi connectivity index (χ3v) is 2.81. The number of aryl methyl sites for hydroxylation is 1. The summed E-state index contributed by atoms with van der Waals surface area (Å²) in [4.78, 5) is 20.3. The van der Waals surface area contributed by atoms with Crippen LogP contribution in [0.1, 0.15) is 45.1 Å². The van der Waals surface area contributed by atoms with Gasteiger partial charge in [0.05, 0.1) is 5.69 Å². The summed E-state index contributed by atoms with van der Waals surface area (Å²) >= 11 is 0. The maximum Gasteiger partial charge on any atom is 0.228 e. The van der Waals surface area contributed by atoms with Crippen LogP contribution in [-0.4, -0.2) is 15.9 Å². The number of carbonyl (C=O) groups is 1. The molecule has 1 aromatic heterocycles. The number of anilines is 1. The first kappa shape index (κ1) is 12.0. The normalized spacial score (nSPS) is 15.8. The van der Waals surface area contributed by atoms with Crippen molar-refractivity contribution in [3.8, 4) is 0 Å². The van der Waals surface area contributed by atoms with Crippen molar-refractivity contribution in [2.45, 2.75) is 46.0 Å². The second-order valence-electron chi connectivity index (χ2n) is 5.70. The molecule has 0 atom stereocenters. The first-order chi connectivity index (χ1) is 7.86. The molecule has 92 valence electrons. The smallest absolute Gasteiger partial charge is 0.228 e. The van der Waals surface area contributed by atoms with Gasteiger partial charge in [0.15, 0.2) is 0 Å². The van der Waals surface area contributed by atoms with Crippen molar-refractivity contribution >= 4 is 11.7 Å². The summed E-state index contributed by atoms with van der Waals surface area (Å²) in [6, 6.07) is 1.87. The maximum absolute atomic E-state index is 11.7. The molecule has 4 heteroatoms. The summed E-state index contributed by atoms with van der Waals surface area (Å²) in [5.41, 5.74) is 0.920. The molecule has 1 fully saturated rings. The number of carbonyl (C=O) groups excluding carboxylic acids is 1. The second kappa shape index (κ2) is 4.09. The predicted molar refractivity (Wildman–Crippen MR) is 66.8 cm³/mol. The Morgan fingerprint density at radius 1 is 1.35 bits per heavy atom. The third-order valence-electron chi connectivity index (χ3n) is 2.81. The Bertz CT molecular complexity index is 444. The molecular formula is C13H19N3O. The monoisotopic (exact) mass is 233 g/mol. The van der Waals surface area contributed by atoms with Crippen molar-refractivity contribution in [2.24, 2.45) is 5.92 Å². The summed E-state index contributed by atoms with van der Waals surface area (Å²) in [7, 11) is 0. The van der Waals surface area contributed by atoms with E-state index in [0.717, 1.165) is 18.5 Å². The lowest BCUT2D eigenvalue weighted by molar-refractivity contribution is -0.117. The Labute approximate surface area is 102 Å². The molecule has 0 aliphatic heterocycles. The number of hydrogen-bond acceptors (Lipinski definition) is 3. The minimum absolute atomic E-state index is 0.0350. The molecule has 1 amide bonds. The van der Waals surface area contributed by atoms with Gasteiger partial charge in [0.1, 0.15) is 11.6 Å². The van der Waals surface area contributed by atoms with Crippen LogP contribution in [0.3, 0.4) is 0 Å². The molecule has 0 unspecified atom stereocenters. The summed E-state index contributed by atoms with van der Waals surface area (Å²) in [5.74, 6) is 1.61. The fourth-order valence-corrected chi connectivity index (χ4v) is 1.59. The van der Waals surface area contributed by atoms with Gasteiger partial charge in [-0.15, -0.1) is 0 Å². The SMILES string of the molecule is Cc1nc(NC(=O)C2CC2)cc(C(C)(C)C)n1. The van der Waals surface area contributed by atoms with Crippen LogP contribution < -0.4 is 5.32 Å². The molecule has 1 aliphatic carbocycles. The Kier molecular flexibility index (Phi) is 2.89. The van der Waals surface area contributed by atoms with E-state index in [2.05, 4.69) is 36.1 Å². The van der Waals surface area contributed by atoms with Gasteiger partial charge in [0, 0.05) is 17.4 Å². The Morgan fingerprint density at radius 2 is 2.00 bits per heavy atom. The van der Waals surface area contributed by atoms with E-state index in [1.165, 1.54) is 0 Å². The molecule has 1 aliphatic rings. The van der Waals surface area contributed by atoms with Gasteiger partial charge in [-0.2, -0.15) is 0 Å². The number of nitrogens with zero attached hydrogens (tertiary/aromatic N) is 2. The van der Waals surface area contributed by atoms with Gasteiger partial charge < -0.3 is 5.32 Å². The van der Waals surface area contributed by atoms with Crippen molar-refractivity contribution < 1.29 is 4.79 Å². The van der Waals surface area contributed by atoms with Crippen molar-refractivity contribution in [2.75, 3.05) is 5.32 Å². The zero-order chi connectivity index (χ0) is 12.6. The largest absolute Gasteiger partial charge is 0.310 e. The van der Waals surface area contributed by atoms with Gasteiger partial charge in [-0.05, 0) is 19.8 Å². The zero-order valence-electron chi connectivity index (χ0n) is 10.9. The highest BCUT2D eigenvalue weighted by molar-refractivity contribution is 5.93. The highest BCUT2D eigenvalue weighted by Gasteiger charge is 2.30. The van der Waals surface area contributed by atoms with E-state index in [1.54, 1.807) is 0 Å². The highest BCUT2D eigenvalue weighted by Crippen LogP contribution is 2.30. The molecule has 0 radical (unpaired) electrons. The summed E-state index contributed by atoms with van der Waals surface area (Å²) < 4.78 is 0. The maximum atomic E-state index is 11.7. The lowest BCUT2D eigenvalue weighted by Gasteiger charge is -2.18.